The summed E-state index contributed by atoms with van der Waals surface area (Å²) in [6.07, 6.45) is 0.0308. The number of hydrogen-bond donors (Lipinski definition) is 3. The highest BCUT2D eigenvalue weighted by atomic mass is 16.3. The van der Waals surface area contributed by atoms with Gasteiger partial charge in [-0.2, -0.15) is 0 Å². The van der Waals surface area contributed by atoms with Gasteiger partial charge in [0.1, 0.15) is 11.5 Å². The number of amides is 3. The maximum Gasteiger partial charge on any atom is 0.273 e. The van der Waals surface area contributed by atoms with Gasteiger partial charge >= 0.3 is 0 Å². The number of hydrogen-bond acceptors (Lipinski definition) is 4. The Morgan fingerprint density at radius 2 is 1.64 bits per heavy atom. The van der Waals surface area contributed by atoms with E-state index in [2.05, 4.69) is 16.2 Å². The minimum atomic E-state index is -0.456. The summed E-state index contributed by atoms with van der Waals surface area (Å²) >= 11 is 0. The van der Waals surface area contributed by atoms with Crippen LogP contribution >= 0.6 is 0 Å². The van der Waals surface area contributed by atoms with Crippen LogP contribution in [-0.2, 0) is 4.79 Å². The normalized spacial score (nSPS) is 10.5. The third-order valence-corrected chi connectivity index (χ3v) is 4.25. The predicted octanol–water partition coefficient (Wildman–Crippen LogP) is 2.63. The van der Waals surface area contributed by atoms with E-state index in [0.29, 0.717) is 22.6 Å². The van der Waals surface area contributed by atoms with Crippen LogP contribution in [0.3, 0.4) is 0 Å². The molecule has 0 radical (unpaired) electrons. The van der Waals surface area contributed by atoms with E-state index in [4.69, 9.17) is 4.42 Å². The summed E-state index contributed by atoms with van der Waals surface area (Å²) in [6.45, 7) is 3.56. The zero-order valence-electron chi connectivity index (χ0n) is 15.7. The Bertz CT molecular complexity index is 1040. The second kappa shape index (κ2) is 8.39. The average molecular weight is 379 g/mol. The second-order valence-corrected chi connectivity index (χ2v) is 6.40. The number of aryl methyl sites for hydroxylation is 2. The van der Waals surface area contributed by atoms with Gasteiger partial charge in [-0.25, -0.2) is 0 Å². The SMILES string of the molecule is Cc1cc(C(=O)NNC(=O)CCNC(=O)c2ccc3ccccc3c2)c(C)o1. The molecule has 0 aliphatic heterocycles. The van der Waals surface area contributed by atoms with Crippen molar-refractivity contribution < 1.29 is 18.8 Å². The van der Waals surface area contributed by atoms with Gasteiger partial charge in [-0.3, -0.25) is 25.2 Å². The summed E-state index contributed by atoms with van der Waals surface area (Å²) in [4.78, 5) is 36.1. The van der Waals surface area contributed by atoms with E-state index in [1.165, 1.54) is 0 Å². The smallest absolute Gasteiger partial charge is 0.273 e. The molecule has 3 N–H and O–H groups in total. The maximum atomic E-state index is 12.2. The van der Waals surface area contributed by atoms with Gasteiger partial charge in [0.2, 0.25) is 5.91 Å². The van der Waals surface area contributed by atoms with Crippen LogP contribution in [-0.4, -0.2) is 24.3 Å². The number of benzene rings is 2. The van der Waals surface area contributed by atoms with E-state index < -0.39 is 11.8 Å². The Morgan fingerprint density at radius 3 is 2.36 bits per heavy atom. The highest BCUT2D eigenvalue weighted by Gasteiger charge is 2.14. The van der Waals surface area contributed by atoms with Crippen LogP contribution in [0.5, 0.6) is 0 Å². The minimum absolute atomic E-state index is 0.0308. The quantitative estimate of drug-likeness (QED) is 0.593. The number of hydrazine groups is 1. The topological polar surface area (TPSA) is 100 Å². The fraction of sp³-hybridized carbons (Fsp3) is 0.190. The fourth-order valence-electron chi connectivity index (χ4n) is 2.83. The molecule has 144 valence electrons. The molecule has 0 atom stereocenters. The van der Waals surface area contributed by atoms with E-state index in [1.54, 1.807) is 32.0 Å². The van der Waals surface area contributed by atoms with Crippen molar-refractivity contribution in [2.45, 2.75) is 20.3 Å². The van der Waals surface area contributed by atoms with Gasteiger partial charge in [0.25, 0.3) is 11.8 Å². The van der Waals surface area contributed by atoms with Gasteiger partial charge in [0.05, 0.1) is 5.56 Å². The Kier molecular flexibility index (Phi) is 5.74. The highest BCUT2D eigenvalue weighted by molar-refractivity contribution is 5.99. The van der Waals surface area contributed by atoms with Gasteiger partial charge in [-0.1, -0.05) is 30.3 Å². The van der Waals surface area contributed by atoms with Gasteiger partial charge < -0.3 is 9.73 Å². The van der Waals surface area contributed by atoms with Crippen LogP contribution in [0.4, 0.5) is 0 Å². The van der Waals surface area contributed by atoms with E-state index in [1.807, 2.05) is 30.3 Å². The first-order chi connectivity index (χ1) is 13.4. The van der Waals surface area contributed by atoms with E-state index in [9.17, 15) is 14.4 Å². The lowest BCUT2D eigenvalue weighted by Crippen LogP contribution is -2.42. The molecule has 0 aliphatic rings. The monoisotopic (exact) mass is 379 g/mol. The number of carbonyl (C=O) groups excluding carboxylic acids is 3. The zero-order chi connectivity index (χ0) is 20.1. The molecule has 0 unspecified atom stereocenters. The van der Waals surface area contributed by atoms with Crippen molar-refractivity contribution in [1.29, 1.82) is 0 Å². The Balaban J connectivity index is 1.44. The molecule has 3 rings (SSSR count). The van der Waals surface area contributed by atoms with Gasteiger partial charge in [0.15, 0.2) is 0 Å². The van der Waals surface area contributed by atoms with E-state index in [-0.39, 0.29) is 18.9 Å². The molecule has 0 aliphatic carbocycles. The van der Waals surface area contributed by atoms with Crippen LogP contribution < -0.4 is 16.2 Å². The molecule has 0 spiro atoms. The molecular formula is C21H21N3O4. The largest absolute Gasteiger partial charge is 0.466 e. The molecule has 1 aromatic heterocycles. The average Bonchev–Trinajstić information content (AvgIpc) is 3.03. The first kappa shape index (κ1) is 19.2. The zero-order valence-corrected chi connectivity index (χ0v) is 15.7. The molecule has 3 amide bonds. The number of nitrogens with one attached hydrogen (secondary N) is 3. The van der Waals surface area contributed by atoms with Crippen LogP contribution in [0.1, 0.15) is 38.7 Å². The first-order valence-electron chi connectivity index (χ1n) is 8.87. The van der Waals surface area contributed by atoms with Gasteiger partial charge in [0, 0.05) is 18.5 Å². The van der Waals surface area contributed by atoms with Crippen molar-refractivity contribution >= 4 is 28.5 Å². The van der Waals surface area contributed by atoms with Crippen molar-refractivity contribution in [2.75, 3.05) is 6.54 Å². The summed E-state index contributed by atoms with van der Waals surface area (Å²) in [5.41, 5.74) is 5.54. The highest BCUT2D eigenvalue weighted by Crippen LogP contribution is 2.15. The third kappa shape index (κ3) is 4.56. The predicted molar refractivity (Wildman–Crippen MR) is 105 cm³/mol. The molecule has 2 aromatic carbocycles. The van der Waals surface area contributed by atoms with E-state index >= 15 is 0 Å². The lowest BCUT2D eigenvalue weighted by molar-refractivity contribution is -0.121. The maximum absolute atomic E-state index is 12.2. The molecule has 1 heterocycles. The molecule has 28 heavy (non-hydrogen) atoms. The third-order valence-electron chi connectivity index (χ3n) is 4.25. The summed E-state index contributed by atoms with van der Waals surface area (Å²) in [6, 6.07) is 14.8. The fourth-order valence-corrected chi connectivity index (χ4v) is 2.83. The molecule has 7 nitrogen and oxygen atoms in total. The summed E-state index contributed by atoms with van der Waals surface area (Å²) in [5.74, 6) is -0.0303. The number of rotatable bonds is 5. The van der Waals surface area contributed by atoms with Crippen molar-refractivity contribution in [2.24, 2.45) is 0 Å². The minimum Gasteiger partial charge on any atom is -0.466 e. The lowest BCUT2D eigenvalue weighted by Gasteiger charge is -2.08. The molecular weight excluding hydrogens is 358 g/mol. The summed E-state index contributed by atoms with van der Waals surface area (Å²) < 4.78 is 5.28. The Morgan fingerprint density at radius 1 is 0.893 bits per heavy atom. The molecule has 7 heteroatoms. The van der Waals surface area contributed by atoms with Crippen LogP contribution in [0.2, 0.25) is 0 Å². The molecule has 3 aromatic rings. The van der Waals surface area contributed by atoms with Crippen LogP contribution in [0, 0.1) is 13.8 Å². The van der Waals surface area contributed by atoms with Gasteiger partial charge in [-0.05, 0) is 42.8 Å². The molecule has 0 bridgehead atoms. The van der Waals surface area contributed by atoms with Crippen molar-refractivity contribution in [3.63, 3.8) is 0 Å². The standard InChI is InChI=1S/C21H21N3O4/c1-13-11-18(14(2)28-13)21(27)24-23-19(25)9-10-22-20(26)17-8-7-15-5-3-4-6-16(15)12-17/h3-8,11-12H,9-10H2,1-2H3,(H,22,26)(H,23,25)(H,24,27). The van der Waals surface area contributed by atoms with Crippen molar-refractivity contribution in [1.82, 2.24) is 16.2 Å². The van der Waals surface area contributed by atoms with Gasteiger partial charge in [-0.15, -0.1) is 0 Å². The van der Waals surface area contributed by atoms with E-state index in [0.717, 1.165) is 10.8 Å². The van der Waals surface area contributed by atoms with Crippen LogP contribution in [0.15, 0.2) is 52.9 Å². The number of carbonyl (C=O) groups is 3. The summed E-state index contributed by atoms with van der Waals surface area (Å²) in [5, 5.41) is 4.72. The molecule has 0 saturated carbocycles. The summed E-state index contributed by atoms with van der Waals surface area (Å²) in [7, 11) is 0. The molecule has 0 fully saturated rings. The number of furan rings is 1. The van der Waals surface area contributed by atoms with Crippen molar-refractivity contribution in [3.8, 4) is 0 Å². The Labute approximate surface area is 162 Å². The first-order valence-corrected chi connectivity index (χ1v) is 8.87. The van der Waals surface area contributed by atoms with Crippen LogP contribution in [0.25, 0.3) is 10.8 Å². The second-order valence-electron chi connectivity index (χ2n) is 6.40. The van der Waals surface area contributed by atoms with Crippen molar-refractivity contribution in [3.05, 3.63) is 71.2 Å². The Hall–Kier alpha value is -3.61. The number of fused-ring (bicyclic) bond motifs is 1. The lowest BCUT2D eigenvalue weighted by atomic mass is 10.1. The molecule has 0 saturated heterocycles.